The van der Waals surface area contributed by atoms with Crippen LogP contribution >= 0.6 is 0 Å². The molecule has 2 heterocycles. The fourth-order valence-corrected chi connectivity index (χ4v) is 2.23. The first-order chi connectivity index (χ1) is 9.63. The van der Waals surface area contributed by atoms with Crippen molar-refractivity contribution < 1.29 is 8.78 Å². The van der Waals surface area contributed by atoms with Crippen molar-refractivity contribution in [1.29, 1.82) is 0 Å². The zero-order valence-electron chi connectivity index (χ0n) is 10.6. The number of pyridine rings is 1. The summed E-state index contributed by atoms with van der Waals surface area (Å²) in [6.07, 6.45) is 3.75. The summed E-state index contributed by atoms with van der Waals surface area (Å²) >= 11 is 0. The van der Waals surface area contributed by atoms with E-state index < -0.39 is 11.6 Å². The predicted molar refractivity (Wildman–Crippen MR) is 72.0 cm³/mol. The van der Waals surface area contributed by atoms with Gasteiger partial charge in [-0.1, -0.05) is 0 Å². The van der Waals surface area contributed by atoms with Gasteiger partial charge in [0.15, 0.2) is 0 Å². The lowest BCUT2D eigenvalue weighted by Crippen LogP contribution is -2.06. The smallest absolute Gasteiger partial charge is 0.201 e. The molecule has 0 aliphatic carbocycles. The van der Waals surface area contributed by atoms with Gasteiger partial charge >= 0.3 is 0 Å². The van der Waals surface area contributed by atoms with E-state index in [1.807, 2.05) is 6.07 Å². The van der Waals surface area contributed by atoms with Crippen LogP contribution in [-0.2, 0) is 13.0 Å². The third kappa shape index (κ3) is 2.32. The standard InChI is InChI=1S/C14H12F2N4/c15-10-5-9(6-11(16)7-10)2-4-20-13-1-3-18-8-12(13)19-14(20)17/h1,3,5-8H,2,4H2,(H2,17,19). The molecule has 6 heteroatoms. The second-order valence-electron chi connectivity index (χ2n) is 4.51. The van der Waals surface area contributed by atoms with Crippen LogP contribution in [0.4, 0.5) is 14.7 Å². The van der Waals surface area contributed by atoms with E-state index in [4.69, 9.17) is 5.73 Å². The summed E-state index contributed by atoms with van der Waals surface area (Å²) in [5.74, 6) is -0.787. The molecule has 2 aromatic heterocycles. The minimum absolute atomic E-state index is 0.366. The molecule has 3 aromatic rings. The molecule has 0 fully saturated rings. The number of halogens is 2. The Kier molecular flexibility index (Phi) is 3.06. The number of anilines is 1. The third-order valence-corrected chi connectivity index (χ3v) is 3.13. The number of hydrogen-bond donors (Lipinski definition) is 1. The van der Waals surface area contributed by atoms with Crippen molar-refractivity contribution in [2.24, 2.45) is 0 Å². The van der Waals surface area contributed by atoms with Crippen LogP contribution in [0.2, 0.25) is 0 Å². The molecule has 0 bridgehead atoms. The quantitative estimate of drug-likeness (QED) is 0.798. The molecular weight excluding hydrogens is 262 g/mol. The summed E-state index contributed by atoms with van der Waals surface area (Å²) < 4.78 is 28.1. The minimum Gasteiger partial charge on any atom is -0.369 e. The maximum Gasteiger partial charge on any atom is 0.201 e. The van der Waals surface area contributed by atoms with Crippen molar-refractivity contribution in [3.63, 3.8) is 0 Å². The molecule has 0 aliphatic heterocycles. The lowest BCUT2D eigenvalue weighted by Gasteiger charge is -2.07. The molecule has 0 saturated carbocycles. The van der Waals surface area contributed by atoms with Crippen LogP contribution in [0, 0.1) is 11.6 Å². The van der Waals surface area contributed by atoms with Crippen LogP contribution in [0.15, 0.2) is 36.7 Å². The van der Waals surface area contributed by atoms with Crippen LogP contribution in [0.5, 0.6) is 0 Å². The number of hydrogen-bond acceptors (Lipinski definition) is 3. The van der Waals surface area contributed by atoms with E-state index in [0.29, 0.717) is 30.0 Å². The Morgan fingerprint density at radius 3 is 2.65 bits per heavy atom. The van der Waals surface area contributed by atoms with Gasteiger partial charge in [-0.15, -0.1) is 0 Å². The fourth-order valence-electron chi connectivity index (χ4n) is 2.23. The number of benzene rings is 1. The number of nitrogen functional groups attached to an aromatic ring is 1. The first-order valence-electron chi connectivity index (χ1n) is 6.14. The summed E-state index contributed by atoms with van der Waals surface area (Å²) in [5.41, 5.74) is 7.99. The van der Waals surface area contributed by atoms with Gasteiger partial charge in [0.1, 0.15) is 17.2 Å². The van der Waals surface area contributed by atoms with Crippen molar-refractivity contribution >= 4 is 17.0 Å². The third-order valence-electron chi connectivity index (χ3n) is 3.13. The Labute approximate surface area is 113 Å². The number of aromatic nitrogens is 3. The van der Waals surface area contributed by atoms with E-state index in [1.165, 1.54) is 12.1 Å². The van der Waals surface area contributed by atoms with Gasteiger partial charge in [-0.25, -0.2) is 13.8 Å². The van der Waals surface area contributed by atoms with Gasteiger partial charge < -0.3 is 10.3 Å². The summed E-state index contributed by atoms with van der Waals surface area (Å²) in [6.45, 7) is 0.495. The molecule has 20 heavy (non-hydrogen) atoms. The molecule has 2 N–H and O–H groups in total. The van der Waals surface area contributed by atoms with Crippen LogP contribution in [-0.4, -0.2) is 14.5 Å². The Hall–Kier alpha value is -2.50. The summed E-state index contributed by atoms with van der Waals surface area (Å²) in [6, 6.07) is 5.31. The van der Waals surface area contributed by atoms with Crippen molar-refractivity contribution in [1.82, 2.24) is 14.5 Å². The van der Waals surface area contributed by atoms with Crippen molar-refractivity contribution in [2.75, 3.05) is 5.73 Å². The van der Waals surface area contributed by atoms with Crippen molar-refractivity contribution in [3.8, 4) is 0 Å². The van der Waals surface area contributed by atoms with Crippen molar-refractivity contribution in [2.45, 2.75) is 13.0 Å². The molecule has 102 valence electrons. The van der Waals surface area contributed by atoms with Gasteiger partial charge in [0.2, 0.25) is 5.95 Å². The molecular formula is C14H12F2N4. The fraction of sp³-hybridized carbons (Fsp3) is 0.143. The maximum atomic E-state index is 13.1. The molecule has 0 amide bonds. The Bertz CT molecular complexity index is 747. The highest BCUT2D eigenvalue weighted by Gasteiger charge is 2.08. The molecule has 0 aliphatic rings. The molecule has 4 nitrogen and oxygen atoms in total. The van der Waals surface area contributed by atoms with Crippen LogP contribution < -0.4 is 5.73 Å². The van der Waals surface area contributed by atoms with E-state index >= 15 is 0 Å². The average Bonchev–Trinajstić information content (AvgIpc) is 2.71. The lowest BCUT2D eigenvalue weighted by molar-refractivity contribution is 0.577. The zero-order valence-corrected chi connectivity index (χ0v) is 10.6. The van der Waals surface area contributed by atoms with Crippen molar-refractivity contribution in [3.05, 3.63) is 53.9 Å². The summed E-state index contributed by atoms with van der Waals surface area (Å²) in [7, 11) is 0. The average molecular weight is 274 g/mol. The number of rotatable bonds is 3. The first kappa shape index (κ1) is 12.5. The molecule has 1 aromatic carbocycles. The number of nitrogens with two attached hydrogens (primary N) is 1. The SMILES string of the molecule is Nc1nc2cnccc2n1CCc1cc(F)cc(F)c1. The Balaban J connectivity index is 1.88. The zero-order chi connectivity index (χ0) is 14.1. The number of fused-ring (bicyclic) bond motifs is 1. The lowest BCUT2D eigenvalue weighted by atomic mass is 10.1. The second-order valence-corrected chi connectivity index (χ2v) is 4.51. The van der Waals surface area contributed by atoms with Crippen LogP contribution in [0.25, 0.3) is 11.0 Å². The van der Waals surface area contributed by atoms with Gasteiger partial charge in [0.25, 0.3) is 0 Å². The van der Waals surface area contributed by atoms with E-state index in [9.17, 15) is 8.78 Å². The monoisotopic (exact) mass is 274 g/mol. The van der Waals surface area contributed by atoms with Gasteiger partial charge in [-0.3, -0.25) is 4.98 Å². The van der Waals surface area contributed by atoms with Crippen LogP contribution in [0.1, 0.15) is 5.56 Å². The number of imidazole rings is 1. The number of nitrogens with zero attached hydrogens (tertiary/aromatic N) is 3. The van der Waals surface area contributed by atoms with Gasteiger partial charge in [0, 0.05) is 18.8 Å². The minimum atomic E-state index is -0.576. The number of aryl methyl sites for hydroxylation is 2. The van der Waals surface area contributed by atoms with E-state index in [2.05, 4.69) is 9.97 Å². The topological polar surface area (TPSA) is 56.7 Å². The van der Waals surface area contributed by atoms with E-state index in [-0.39, 0.29) is 0 Å². The molecule has 3 rings (SSSR count). The summed E-state index contributed by atoms with van der Waals surface area (Å²) in [4.78, 5) is 8.17. The first-order valence-corrected chi connectivity index (χ1v) is 6.14. The molecule has 0 radical (unpaired) electrons. The highest BCUT2D eigenvalue weighted by atomic mass is 19.1. The highest BCUT2D eigenvalue weighted by Crippen LogP contribution is 2.17. The highest BCUT2D eigenvalue weighted by molar-refractivity contribution is 5.77. The molecule has 0 spiro atoms. The summed E-state index contributed by atoms with van der Waals surface area (Å²) in [5, 5.41) is 0. The van der Waals surface area contributed by atoms with Gasteiger partial charge in [-0.2, -0.15) is 0 Å². The Morgan fingerprint density at radius 1 is 1.15 bits per heavy atom. The largest absolute Gasteiger partial charge is 0.369 e. The molecule has 0 atom stereocenters. The molecule has 0 saturated heterocycles. The second kappa shape index (κ2) is 4.88. The molecule has 0 unspecified atom stereocenters. The predicted octanol–water partition coefficient (Wildman–Crippen LogP) is 2.53. The van der Waals surface area contributed by atoms with Gasteiger partial charge in [-0.05, 0) is 30.2 Å². The van der Waals surface area contributed by atoms with E-state index in [0.717, 1.165) is 11.6 Å². The van der Waals surface area contributed by atoms with Crippen LogP contribution in [0.3, 0.4) is 0 Å². The maximum absolute atomic E-state index is 13.1. The normalized spacial score (nSPS) is 11.1. The Morgan fingerprint density at radius 2 is 1.90 bits per heavy atom. The van der Waals surface area contributed by atoms with Gasteiger partial charge in [0.05, 0.1) is 11.7 Å². The van der Waals surface area contributed by atoms with E-state index in [1.54, 1.807) is 17.0 Å².